The number of nitriles is 1. The number of fused-ring (bicyclic) bond motifs is 7. The highest BCUT2D eigenvalue weighted by atomic mass is 16.5. The van der Waals surface area contributed by atoms with E-state index in [2.05, 4.69) is 21.9 Å². The second-order valence-electron chi connectivity index (χ2n) is 9.91. The third kappa shape index (κ3) is 2.44. The summed E-state index contributed by atoms with van der Waals surface area (Å²) in [5.74, 6) is 1.20. The summed E-state index contributed by atoms with van der Waals surface area (Å²) in [7, 11) is 5.18. The number of nitrogens with zero attached hydrogens (tertiary/aromatic N) is 4. The molecule has 176 valence electrons. The fourth-order valence-electron chi connectivity index (χ4n) is 7.15. The molecule has 8 heteroatoms. The van der Waals surface area contributed by atoms with Gasteiger partial charge in [0.25, 0.3) is 0 Å². The first-order valence-corrected chi connectivity index (χ1v) is 11.7. The Kier molecular flexibility index (Phi) is 4.51. The number of carbonyl (C=O) groups is 1. The number of ketones is 1. The average molecular weight is 461 g/mol. The molecule has 1 N–H and O–H groups in total. The Morgan fingerprint density at radius 2 is 1.97 bits per heavy atom. The molecule has 4 aliphatic heterocycles. The number of likely N-dealkylation sites (N-methyl/N-ethyl adjacent to an activating group) is 1. The van der Waals surface area contributed by atoms with Gasteiger partial charge in [-0.15, -0.1) is 0 Å². The Morgan fingerprint density at radius 3 is 2.65 bits per heavy atom. The second kappa shape index (κ2) is 7.17. The minimum Gasteiger partial charge on any atom is -0.504 e. The standard InChI is InChI=1S/C26H28N4O4/c1-11-6-13-7-15-17(9-27)30-16(22(29(15)3)19(13)24(32)25(11)33-4)8-14-20-18(30)10-28-21(20)26(34-5)12(2)23(14)31/h6,15-18,22,32H,7-8,10H2,1-5H3. The fraction of sp³-hybridized carbons (Fsp3) is 0.500. The first-order valence-electron chi connectivity index (χ1n) is 11.7. The molecule has 0 amide bonds. The van der Waals surface area contributed by atoms with Gasteiger partial charge in [-0.2, -0.15) is 5.26 Å². The summed E-state index contributed by atoms with van der Waals surface area (Å²) in [6.07, 6.45) is 1.16. The van der Waals surface area contributed by atoms with Crippen LogP contribution in [0.2, 0.25) is 0 Å². The molecule has 0 aromatic heterocycles. The zero-order chi connectivity index (χ0) is 24.0. The van der Waals surface area contributed by atoms with Crippen LogP contribution in [0.25, 0.3) is 0 Å². The summed E-state index contributed by atoms with van der Waals surface area (Å²) in [6.45, 7) is 4.22. The molecule has 0 radical (unpaired) electrons. The smallest absolute Gasteiger partial charge is 0.188 e. The van der Waals surface area contributed by atoms with E-state index in [1.807, 2.05) is 14.0 Å². The van der Waals surface area contributed by atoms with Gasteiger partial charge in [-0.25, -0.2) is 0 Å². The molecule has 0 spiro atoms. The van der Waals surface area contributed by atoms with E-state index < -0.39 is 0 Å². The van der Waals surface area contributed by atoms with Gasteiger partial charge >= 0.3 is 0 Å². The van der Waals surface area contributed by atoms with Crippen molar-refractivity contribution in [3.05, 3.63) is 45.2 Å². The van der Waals surface area contributed by atoms with E-state index in [-0.39, 0.29) is 41.7 Å². The number of benzene rings is 1. The Bertz CT molecular complexity index is 1290. The Hall–Kier alpha value is -3.15. The number of piperazine rings is 1. The second-order valence-corrected chi connectivity index (χ2v) is 9.91. The van der Waals surface area contributed by atoms with Crippen molar-refractivity contribution < 1.29 is 19.4 Å². The van der Waals surface area contributed by atoms with Crippen LogP contribution in [-0.4, -0.2) is 78.4 Å². The number of aliphatic imine (C=N–C) groups is 1. The molecule has 0 saturated carbocycles. The van der Waals surface area contributed by atoms with Crippen molar-refractivity contribution in [2.75, 3.05) is 27.8 Å². The minimum atomic E-state index is -0.356. The maximum absolute atomic E-state index is 13.5. The number of aromatic hydroxyl groups is 1. The molecule has 1 aromatic rings. The van der Waals surface area contributed by atoms with Gasteiger partial charge in [0, 0.05) is 34.4 Å². The molecular formula is C26H28N4O4. The molecule has 1 saturated heterocycles. The van der Waals surface area contributed by atoms with E-state index in [9.17, 15) is 15.2 Å². The van der Waals surface area contributed by atoms with Gasteiger partial charge in [0.05, 0.1) is 38.9 Å². The van der Waals surface area contributed by atoms with E-state index in [4.69, 9.17) is 14.5 Å². The summed E-state index contributed by atoms with van der Waals surface area (Å²) in [5.41, 5.74) is 5.83. The summed E-state index contributed by atoms with van der Waals surface area (Å²) in [4.78, 5) is 22.8. The van der Waals surface area contributed by atoms with Crippen LogP contribution in [0.3, 0.4) is 0 Å². The van der Waals surface area contributed by atoms with Crippen LogP contribution < -0.4 is 4.74 Å². The molecule has 5 unspecified atom stereocenters. The first-order chi connectivity index (χ1) is 16.3. The van der Waals surface area contributed by atoms with Gasteiger partial charge in [0.1, 0.15) is 11.8 Å². The highest BCUT2D eigenvalue weighted by Crippen LogP contribution is 2.54. The molecule has 5 aliphatic rings. The third-order valence-electron chi connectivity index (χ3n) is 8.50. The maximum Gasteiger partial charge on any atom is 0.188 e. The highest BCUT2D eigenvalue weighted by Gasteiger charge is 2.58. The summed E-state index contributed by atoms with van der Waals surface area (Å²) >= 11 is 0. The number of phenols is 1. The van der Waals surface area contributed by atoms with E-state index in [0.29, 0.717) is 36.5 Å². The normalized spacial score (nSPS) is 32.1. The quantitative estimate of drug-likeness (QED) is 0.676. The molecule has 34 heavy (non-hydrogen) atoms. The molecule has 2 bridgehead atoms. The van der Waals surface area contributed by atoms with Gasteiger partial charge in [-0.1, -0.05) is 6.07 Å². The molecule has 1 aliphatic carbocycles. The SMILES string of the molecule is COC1=C(C)C(=O)C2=C3C1=NCC3N1C(C#N)C3Cc4cc(C)c(OC)c(O)c4C(C1C2)N3C. The summed E-state index contributed by atoms with van der Waals surface area (Å²) in [5, 5.41) is 21.7. The lowest BCUT2D eigenvalue weighted by atomic mass is 9.70. The first kappa shape index (κ1) is 21.4. The largest absolute Gasteiger partial charge is 0.504 e. The van der Waals surface area contributed by atoms with Crippen LogP contribution in [0.4, 0.5) is 0 Å². The molecule has 6 rings (SSSR count). The number of phenolic OH excluding ortho intramolecular Hbond substituents is 1. The molecule has 8 nitrogen and oxygen atoms in total. The van der Waals surface area contributed by atoms with Crippen LogP contribution >= 0.6 is 0 Å². The van der Waals surface area contributed by atoms with Crippen LogP contribution in [0.1, 0.15) is 36.1 Å². The predicted octanol–water partition coefficient (Wildman–Crippen LogP) is 2.21. The topological polar surface area (TPSA) is 98.4 Å². The number of ether oxygens (including phenoxy) is 2. The lowest BCUT2D eigenvalue weighted by molar-refractivity contribution is -0.114. The highest BCUT2D eigenvalue weighted by molar-refractivity contribution is 6.27. The van der Waals surface area contributed by atoms with Crippen molar-refractivity contribution in [3.63, 3.8) is 0 Å². The van der Waals surface area contributed by atoms with Crippen molar-refractivity contribution in [2.24, 2.45) is 4.99 Å². The maximum atomic E-state index is 13.5. The Labute approximate surface area is 198 Å². The van der Waals surface area contributed by atoms with Crippen LogP contribution in [0, 0.1) is 18.3 Å². The molecule has 4 heterocycles. The summed E-state index contributed by atoms with van der Waals surface area (Å²) in [6, 6.07) is 3.81. The number of hydrogen-bond donors (Lipinski definition) is 1. The van der Waals surface area contributed by atoms with E-state index in [0.717, 1.165) is 33.5 Å². The van der Waals surface area contributed by atoms with Crippen molar-refractivity contribution >= 4 is 11.5 Å². The molecule has 5 atom stereocenters. The predicted molar refractivity (Wildman–Crippen MR) is 125 cm³/mol. The lowest BCUT2D eigenvalue weighted by Crippen LogP contribution is -2.70. The van der Waals surface area contributed by atoms with Crippen LogP contribution in [-0.2, 0) is 16.0 Å². The van der Waals surface area contributed by atoms with Crippen LogP contribution in [0.5, 0.6) is 11.5 Å². The fourth-order valence-corrected chi connectivity index (χ4v) is 7.15. The van der Waals surface area contributed by atoms with Crippen molar-refractivity contribution in [1.29, 1.82) is 5.26 Å². The average Bonchev–Trinajstić information content (AvgIpc) is 3.24. The Balaban J connectivity index is 1.55. The van der Waals surface area contributed by atoms with Gasteiger partial charge in [0.15, 0.2) is 23.0 Å². The minimum absolute atomic E-state index is 0.00243. The van der Waals surface area contributed by atoms with Gasteiger partial charge < -0.3 is 14.6 Å². The number of Topliss-reactive ketones (excluding diaryl/α,β-unsaturated/α-hetero) is 1. The van der Waals surface area contributed by atoms with E-state index >= 15 is 0 Å². The zero-order valence-electron chi connectivity index (χ0n) is 20.0. The molecular weight excluding hydrogens is 432 g/mol. The monoisotopic (exact) mass is 460 g/mol. The molecule has 1 aromatic carbocycles. The number of aryl methyl sites for hydroxylation is 1. The Morgan fingerprint density at radius 1 is 1.21 bits per heavy atom. The number of allylic oxidation sites excluding steroid dienone is 2. The third-order valence-corrected chi connectivity index (χ3v) is 8.50. The number of methoxy groups -OCH3 is 2. The van der Waals surface area contributed by atoms with Crippen molar-refractivity contribution in [1.82, 2.24) is 9.80 Å². The van der Waals surface area contributed by atoms with Crippen molar-refractivity contribution in [3.8, 4) is 17.6 Å². The summed E-state index contributed by atoms with van der Waals surface area (Å²) < 4.78 is 11.1. The number of hydrogen-bond acceptors (Lipinski definition) is 8. The van der Waals surface area contributed by atoms with Crippen LogP contribution in [0.15, 0.2) is 33.5 Å². The van der Waals surface area contributed by atoms with Crippen molar-refractivity contribution in [2.45, 2.75) is 56.9 Å². The van der Waals surface area contributed by atoms with Gasteiger partial charge in [-0.3, -0.25) is 19.6 Å². The van der Waals surface area contributed by atoms with E-state index in [1.54, 1.807) is 21.1 Å². The molecule has 1 fully saturated rings. The zero-order valence-corrected chi connectivity index (χ0v) is 20.0. The van der Waals surface area contributed by atoms with E-state index in [1.165, 1.54) is 0 Å². The number of carbonyl (C=O) groups excluding carboxylic acids is 1. The van der Waals surface area contributed by atoms with Gasteiger partial charge in [0.2, 0.25) is 0 Å². The number of rotatable bonds is 2. The lowest BCUT2D eigenvalue weighted by Gasteiger charge is -2.59. The van der Waals surface area contributed by atoms with Gasteiger partial charge in [-0.05, 0) is 44.9 Å².